The highest BCUT2D eigenvalue weighted by Gasteiger charge is 1.98. The molecule has 0 spiro atoms. The van der Waals surface area contributed by atoms with Crippen LogP contribution >= 0.6 is 0 Å². The third kappa shape index (κ3) is 6.32. The first-order valence-electron chi connectivity index (χ1n) is 8.79. The Hall–Kier alpha value is -2.02. The van der Waals surface area contributed by atoms with E-state index in [0.29, 0.717) is 6.61 Å². The number of benzene rings is 2. The Bertz CT molecular complexity index is 578. The molecule has 0 aliphatic rings. The van der Waals surface area contributed by atoms with Gasteiger partial charge in [-0.2, -0.15) is 0 Å². The molecule has 0 saturated carbocycles. The van der Waals surface area contributed by atoms with Gasteiger partial charge in [-0.05, 0) is 48.1 Å². The number of aryl methyl sites for hydroxylation is 1. The molecule has 0 unspecified atom stereocenters. The summed E-state index contributed by atoms with van der Waals surface area (Å²) in [5.74, 6) is 0.924. The number of allylic oxidation sites excluding steroid dienone is 1. The van der Waals surface area contributed by atoms with E-state index in [1.165, 1.54) is 42.4 Å². The standard InChI is InChI=1S/C22H28O/c1-3-5-7-9-20-14-16-22(17-15-20)23-18-21-12-10-19(11-13-21)8-6-4-2/h7,9-17H,3-6,8,18H2,1-2H3. The van der Waals surface area contributed by atoms with Gasteiger partial charge in [-0.15, -0.1) is 0 Å². The van der Waals surface area contributed by atoms with Crippen molar-refractivity contribution in [1.82, 2.24) is 0 Å². The van der Waals surface area contributed by atoms with E-state index in [2.05, 4.69) is 62.4 Å². The smallest absolute Gasteiger partial charge is 0.119 e. The molecule has 0 N–H and O–H groups in total. The van der Waals surface area contributed by atoms with Gasteiger partial charge in [-0.25, -0.2) is 0 Å². The van der Waals surface area contributed by atoms with Crippen molar-refractivity contribution in [2.24, 2.45) is 0 Å². The minimum atomic E-state index is 0.624. The normalized spacial score (nSPS) is 11.0. The average Bonchev–Trinajstić information content (AvgIpc) is 2.60. The summed E-state index contributed by atoms with van der Waals surface area (Å²) in [6.07, 6.45) is 10.4. The number of rotatable bonds is 9. The van der Waals surface area contributed by atoms with Crippen molar-refractivity contribution >= 4 is 6.08 Å². The van der Waals surface area contributed by atoms with Gasteiger partial charge < -0.3 is 4.74 Å². The Balaban J connectivity index is 1.83. The third-order valence-corrected chi connectivity index (χ3v) is 3.89. The summed E-state index contributed by atoms with van der Waals surface area (Å²) in [7, 11) is 0. The fraction of sp³-hybridized carbons (Fsp3) is 0.364. The van der Waals surface area contributed by atoms with Crippen LogP contribution in [0.5, 0.6) is 5.75 Å². The molecular weight excluding hydrogens is 280 g/mol. The van der Waals surface area contributed by atoms with Gasteiger partial charge in [0.2, 0.25) is 0 Å². The highest BCUT2D eigenvalue weighted by Crippen LogP contribution is 2.16. The second-order valence-electron chi connectivity index (χ2n) is 5.97. The Labute approximate surface area is 141 Å². The van der Waals surface area contributed by atoms with E-state index in [1.807, 2.05) is 12.1 Å². The molecule has 0 heterocycles. The van der Waals surface area contributed by atoms with E-state index >= 15 is 0 Å². The van der Waals surface area contributed by atoms with Gasteiger partial charge in [0.1, 0.15) is 12.4 Å². The van der Waals surface area contributed by atoms with Crippen LogP contribution in [0.15, 0.2) is 54.6 Å². The first-order chi connectivity index (χ1) is 11.3. The van der Waals surface area contributed by atoms with Gasteiger partial charge in [0, 0.05) is 0 Å². The van der Waals surface area contributed by atoms with Crippen LogP contribution in [-0.4, -0.2) is 0 Å². The zero-order chi connectivity index (χ0) is 16.3. The van der Waals surface area contributed by atoms with Crippen molar-refractivity contribution in [1.29, 1.82) is 0 Å². The molecule has 0 aliphatic heterocycles. The molecule has 0 aromatic heterocycles. The zero-order valence-corrected chi connectivity index (χ0v) is 14.4. The zero-order valence-electron chi connectivity index (χ0n) is 14.4. The lowest BCUT2D eigenvalue weighted by Crippen LogP contribution is -1.96. The van der Waals surface area contributed by atoms with Crippen LogP contribution in [0, 0.1) is 0 Å². The molecule has 0 bridgehead atoms. The van der Waals surface area contributed by atoms with Crippen LogP contribution in [0.2, 0.25) is 0 Å². The molecule has 0 amide bonds. The number of ether oxygens (including phenoxy) is 1. The van der Waals surface area contributed by atoms with E-state index in [1.54, 1.807) is 0 Å². The largest absolute Gasteiger partial charge is 0.489 e. The van der Waals surface area contributed by atoms with Crippen molar-refractivity contribution in [3.63, 3.8) is 0 Å². The molecule has 2 rings (SSSR count). The Kier molecular flexibility index (Phi) is 7.45. The number of hydrogen-bond acceptors (Lipinski definition) is 1. The summed E-state index contributed by atoms with van der Waals surface area (Å²) in [5, 5.41) is 0. The minimum Gasteiger partial charge on any atom is -0.489 e. The Morgan fingerprint density at radius 1 is 0.826 bits per heavy atom. The predicted octanol–water partition coefficient (Wildman–Crippen LogP) is 6.42. The highest BCUT2D eigenvalue weighted by molar-refractivity contribution is 5.50. The van der Waals surface area contributed by atoms with Crippen molar-refractivity contribution in [3.8, 4) is 5.75 Å². The maximum absolute atomic E-state index is 5.87. The van der Waals surface area contributed by atoms with Crippen LogP contribution in [0.3, 0.4) is 0 Å². The molecule has 0 radical (unpaired) electrons. The van der Waals surface area contributed by atoms with Crippen LogP contribution < -0.4 is 4.74 Å². The van der Waals surface area contributed by atoms with E-state index < -0.39 is 0 Å². The molecule has 23 heavy (non-hydrogen) atoms. The first kappa shape index (κ1) is 17.3. The van der Waals surface area contributed by atoms with Crippen molar-refractivity contribution in [3.05, 3.63) is 71.3 Å². The van der Waals surface area contributed by atoms with Crippen LogP contribution in [0.25, 0.3) is 6.08 Å². The van der Waals surface area contributed by atoms with Crippen LogP contribution in [0.1, 0.15) is 56.2 Å². The lowest BCUT2D eigenvalue weighted by atomic mass is 10.1. The minimum absolute atomic E-state index is 0.624. The maximum Gasteiger partial charge on any atom is 0.119 e. The monoisotopic (exact) mass is 308 g/mol. The predicted molar refractivity (Wildman–Crippen MR) is 99.8 cm³/mol. The number of unbranched alkanes of at least 4 members (excludes halogenated alkanes) is 2. The molecule has 2 aromatic rings. The average molecular weight is 308 g/mol. The lowest BCUT2D eigenvalue weighted by Gasteiger charge is -2.07. The van der Waals surface area contributed by atoms with Crippen LogP contribution in [0.4, 0.5) is 0 Å². The van der Waals surface area contributed by atoms with Gasteiger partial charge in [-0.1, -0.05) is 75.2 Å². The van der Waals surface area contributed by atoms with E-state index in [0.717, 1.165) is 12.2 Å². The summed E-state index contributed by atoms with van der Waals surface area (Å²) in [4.78, 5) is 0. The SMILES string of the molecule is CCCC=Cc1ccc(OCc2ccc(CCCC)cc2)cc1. The molecule has 0 saturated heterocycles. The molecule has 0 atom stereocenters. The van der Waals surface area contributed by atoms with Crippen molar-refractivity contribution < 1.29 is 4.74 Å². The van der Waals surface area contributed by atoms with E-state index in [-0.39, 0.29) is 0 Å². The molecule has 1 nitrogen and oxygen atoms in total. The lowest BCUT2D eigenvalue weighted by molar-refractivity contribution is 0.306. The summed E-state index contributed by atoms with van der Waals surface area (Å²) in [5.41, 5.74) is 3.86. The quantitative estimate of drug-likeness (QED) is 0.519. The summed E-state index contributed by atoms with van der Waals surface area (Å²) < 4.78 is 5.87. The van der Waals surface area contributed by atoms with Gasteiger partial charge in [-0.3, -0.25) is 0 Å². The second-order valence-corrected chi connectivity index (χ2v) is 5.97. The van der Waals surface area contributed by atoms with E-state index in [9.17, 15) is 0 Å². The number of hydrogen-bond donors (Lipinski definition) is 0. The van der Waals surface area contributed by atoms with E-state index in [4.69, 9.17) is 4.74 Å². The topological polar surface area (TPSA) is 9.23 Å². The molecule has 122 valence electrons. The van der Waals surface area contributed by atoms with Gasteiger partial charge in [0.25, 0.3) is 0 Å². The summed E-state index contributed by atoms with van der Waals surface area (Å²) >= 11 is 0. The van der Waals surface area contributed by atoms with Crippen LogP contribution in [-0.2, 0) is 13.0 Å². The van der Waals surface area contributed by atoms with Gasteiger partial charge >= 0.3 is 0 Å². The fourth-order valence-corrected chi connectivity index (χ4v) is 2.41. The fourth-order valence-electron chi connectivity index (χ4n) is 2.41. The molecule has 2 aromatic carbocycles. The maximum atomic E-state index is 5.87. The summed E-state index contributed by atoms with van der Waals surface area (Å²) in [6, 6.07) is 17.1. The second kappa shape index (κ2) is 9.89. The van der Waals surface area contributed by atoms with Gasteiger partial charge in [0.05, 0.1) is 0 Å². The first-order valence-corrected chi connectivity index (χ1v) is 8.79. The van der Waals surface area contributed by atoms with Gasteiger partial charge in [0.15, 0.2) is 0 Å². The molecule has 1 heteroatoms. The van der Waals surface area contributed by atoms with Crippen molar-refractivity contribution in [2.45, 2.75) is 52.6 Å². The Morgan fingerprint density at radius 3 is 2.17 bits per heavy atom. The molecule has 0 aliphatic carbocycles. The summed E-state index contributed by atoms with van der Waals surface area (Å²) in [6.45, 7) is 5.05. The van der Waals surface area contributed by atoms with Crippen molar-refractivity contribution in [2.75, 3.05) is 0 Å². The Morgan fingerprint density at radius 2 is 1.52 bits per heavy atom. The molecular formula is C22H28O. The highest BCUT2D eigenvalue weighted by atomic mass is 16.5. The third-order valence-electron chi connectivity index (χ3n) is 3.89. The molecule has 0 fully saturated rings.